The first-order chi connectivity index (χ1) is 18.5. The second kappa shape index (κ2) is 13.3. The van der Waals surface area contributed by atoms with Gasteiger partial charge in [-0.3, -0.25) is 19.2 Å². The van der Waals surface area contributed by atoms with Crippen LogP contribution in [-0.2, 0) is 25.6 Å². The summed E-state index contributed by atoms with van der Waals surface area (Å²) >= 11 is 0. The number of nitrogens with zero attached hydrogens (tertiary/aromatic N) is 1. The van der Waals surface area contributed by atoms with Gasteiger partial charge in [-0.2, -0.15) is 0 Å². The van der Waals surface area contributed by atoms with Crippen molar-refractivity contribution in [2.45, 2.75) is 64.2 Å². The predicted octanol–water partition coefficient (Wildman–Crippen LogP) is 1.75. The molecule has 2 aromatic carbocycles. The molecule has 0 bridgehead atoms. The fourth-order valence-corrected chi connectivity index (χ4v) is 4.65. The monoisotopic (exact) mass is 539 g/mol. The molecule has 0 unspecified atom stereocenters. The number of likely N-dealkylation sites (tertiary alicyclic amines) is 1. The molecule has 4 amide bonds. The molecule has 3 rings (SSSR count). The number of benzene rings is 2. The van der Waals surface area contributed by atoms with Crippen molar-refractivity contribution in [1.82, 2.24) is 20.9 Å². The van der Waals surface area contributed by atoms with Crippen LogP contribution in [0.4, 0.5) is 4.39 Å². The summed E-state index contributed by atoms with van der Waals surface area (Å²) < 4.78 is 13.3. The molecule has 1 aliphatic heterocycles. The van der Waals surface area contributed by atoms with Crippen molar-refractivity contribution in [2.24, 2.45) is 11.7 Å². The lowest BCUT2D eigenvalue weighted by Crippen LogP contribution is -2.58. The zero-order valence-electron chi connectivity index (χ0n) is 22.9. The Bertz CT molecular complexity index is 1190. The van der Waals surface area contributed by atoms with Gasteiger partial charge in [0.1, 0.15) is 23.9 Å². The summed E-state index contributed by atoms with van der Waals surface area (Å²) in [5.41, 5.74) is 8.06. The maximum atomic E-state index is 13.4. The molecule has 0 spiro atoms. The Hall–Kier alpha value is -3.79. The number of amides is 4. The number of hydrogen-bond donors (Lipinski definition) is 4. The summed E-state index contributed by atoms with van der Waals surface area (Å²) in [6.07, 6.45) is 1.22. The van der Waals surface area contributed by atoms with Gasteiger partial charge in [-0.25, -0.2) is 4.39 Å². The highest BCUT2D eigenvalue weighted by Crippen LogP contribution is 2.23. The van der Waals surface area contributed by atoms with Gasteiger partial charge >= 0.3 is 0 Å². The van der Waals surface area contributed by atoms with Crippen LogP contribution in [0.5, 0.6) is 0 Å². The first-order valence-electron chi connectivity index (χ1n) is 13.2. The summed E-state index contributed by atoms with van der Waals surface area (Å²) in [5.74, 6) is -2.32. The number of rotatable bonds is 11. The molecule has 210 valence electrons. The molecule has 5 N–H and O–H groups in total. The highest BCUT2D eigenvalue weighted by atomic mass is 19.1. The molecule has 2 aromatic rings. The van der Waals surface area contributed by atoms with Gasteiger partial charge in [-0.15, -0.1) is 0 Å². The van der Waals surface area contributed by atoms with Crippen LogP contribution in [0.15, 0.2) is 48.5 Å². The third-order valence-electron chi connectivity index (χ3n) is 7.10. The Morgan fingerprint density at radius 1 is 1.03 bits per heavy atom. The number of nitrogens with one attached hydrogen (secondary N) is 3. The molecule has 10 heteroatoms. The van der Waals surface area contributed by atoms with Gasteiger partial charge < -0.3 is 26.6 Å². The lowest BCUT2D eigenvalue weighted by atomic mass is 9.98. The molecule has 4 atom stereocenters. The second-order valence-electron chi connectivity index (χ2n) is 10.3. The predicted molar refractivity (Wildman–Crippen MR) is 147 cm³/mol. The van der Waals surface area contributed by atoms with E-state index in [4.69, 9.17) is 5.73 Å². The molecular weight excluding hydrogens is 501 g/mol. The Kier molecular flexibility index (Phi) is 10.2. The molecule has 1 saturated heterocycles. The molecule has 0 radical (unpaired) electrons. The molecule has 0 saturated carbocycles. The Labute approximate surface area is 228 Å². The summed E-state index contributed by atoms with van der Waals surface area (Å²) in [7, 11) is 1.66. The number of carbonyl (C=O) groups is 4. The van der Waals surface area contributed by atoms with Crippen LogP contribution in [0, 0.1) is 11.7 Å². The standard InChI is InChI=1S/C29H38FN5O4/c1-17(2)25(34-27(37)18(3)32-4)29(39)35-14-6-9-24(35)28(38)33-23(26(31)36)16-19-7-5-8-21(15-19)20-10-12-22(30)13-11-20/h5,7-8,10-13,15,17-18,23-25,32H,6,9,14,16H2,1-4H3,(H2,31,36)(H,33,38)(H,34,37)/t18-,23-,24-,25-/m0/s1. The molecular formula is C29H38FN5O4. The van der Waals surface area contributed by atoms with Crippen LogP contribution in [-0.4, -0.2) is 66.3 Å². The quantitative estimate of drug-likeness (QED) is 0.345. The normalized spacial score (nSPS) is 17.4. The van der Waals surface area contributed by atoms with E-state index in [0.29, 0.717) is 19.4 Å². The molecule has 0 aliphatic carbocycles. The van der Waals surface area contributed by atoms with E-state index >= 15 is 0 Å². The average molecular weight is 540 g/mol. The van der Waals surface area contributed by atoms with Crippen LogP contribution in [0.3, 0.4) is 0 Å². The van der Waals surface area contributed by atoms with Gasteiger partial charge in [-0.05, 0) is 61.6 Å². The summed E-state index contributed by atoms with van der Waals surface area (Å²) in [6.45, 7) is 5.74. The van der Waals surface area contributed by atoms with Gasteiger partial charge in [0.2, 0.25) is 23.6 Å². The van der Waals surface area contributed by atoms with Gasteiger partial charge in [-0.1, -0.05) is 50.2 Å². The largest absolute Gasteiger partial charge is 0.368 e. The maximum absolute atomic E-state index is 13.4. The zero-order valence-corrected chi connectivity index (χ0v) is 22.9. The van der Waals surface area contributed by atoms with Crippen molar-refractivity contribution >= 4 is 23.6 Å². The van der Waals surface area contributed by atoms with E-state index in [1.807, 2.05) is 38.1 Å². The van der Waals surface area contributed by atoms with E-state index in [1.165, 1.54) is 17.0 Å². The second-order valence-corrected chi connectivity index (χ2v) is 10.3. The van der Waals surface area contributed by atoms with Crippen molar-refractivity contribution < 1.29 is 23.6 Å². The van der Waals surface area contributed by atoms with E-state index in [9.17, 15) is 23.6 Å². The van der Waals surface area contributed by atoms with Gasteiger partial charge in [0.05, 0.1) is 6.04 Å². The van der Waals surface area contributed by atoms with Gasteiger partial charge in [0, 0.05) is 13.0 Å². The Morgan fingerprint density at radius 3 is 2.33 bits per heavy atom. The number of likely N-dealkylation sites (N-methyl/N-ethyl adjacent to an activating group) is 1. The van der Waals surface area contributed by atoms with Crippen molar-refractivity contribution in [3.05, 3.63) is 59.9 Å². The third-order valence-corrected chi connectivity index (χ3v) is 7.10. The van der Waals surface area contributed by atoms with Crippen molar-refractivity contribution in [3.8, 4) is 11.1 Å². The molecule has 1 aliphatic rings. The first-order valence-corrected chi connectivity index (χ1v) is 13.2. The minimum absolute atomic E-state index is 0.156. The maximum Gasteiger partial charge on any atom is 0.246 e. The van der Waals surface area contributed by atoms with E-state index in [-0.39, 0.29) is 30.0 Å². The number of primary amides is 1. The Morgan fingerprint density at radius 2 is 1.72 bits per heavy atom. The van der Waals surface area contributed by atoms with Crippen LogP contribution in [0.25, 0.3) is 11.1 Å². The van der Waals surface area contributed by atoms with E-state index < -0.39 is 36.0 Å². The molecule has 1 fully saturated rings. The first kappa shape index (κ1) is 29.8. The van der Waals surface area contributed by atoms with E-state index in [2.05, 4.69) is 16.0 Å². The fourth-order valence-electron chi connectivity index (χ4n) is 4.65. The average Bonchev–Trinajstić information content (AvgIpc) is 3.41. The SMILES string of the molecule is CN[C@@H](C)C(=O)N[C@H](C(=O)N1CCC[C@H]1C(=O)N[C@@H](Cc1cccc(-c2ccc(F)cc2)c1)C(N)=O)C(C)C. The van der Waals surface area contributed by atoms with E-state index in [1.54, 1.807) is 26.1 Å². The lowest BCUT2D eigenvalue weighted by molar-refractivity contribution is -0.143. The molecule has 39 heavy (non-hydrogen) atoms. The van der Waals surface area contributed by atoms with Gasteiger partial charge in [0.15, 0.2) is 0 Å². The fraction of sp³-hybridized carbons (Fsp3) is 0.448. The zero-order chi connectivity index (χ0) is 28.7. The van der Waals surface area contributed by atoms with Crippen LogP contribution in [0.1, 0.15) is 39.2 Å². The molecule has 1 heterocycles. The minimum atomic E-state index is -0.990. The Balaban J connectivity index is 1.72. The van der Waals surface area contributed by atoms with E-state index in [0.717, 1.165) is 16.7 Å². The third kappa shape index (κ3) is 7.63. The highest BCUT2D eigenvalue weighted by molar-refractivity contribution is 5.95. The smallest absolute Gasteiger partial charge is 0.246 e. The molecule has 0 aromatic heterocycles. The summed E-state index contributed by atoms with van der Waals surface area (Å²) in [5, 5.41) is 8.39. The topological polar surface area (TPSA) is 134 Å². The minimum Gasteiger partial charge on any atom is -0.368 e. The van der Waals surface area contributed by atoms with Crippen LogP contribution >= 0.6 is 0 Å². The number of carbonyl (C=O) groups excluding carboxylic acids is 4. The lowest BCUT2D eigenvalue weighted by Gasteiger charge is -2.31. The van der Waals surface area contributed by atoms with Crippen molar-refractivity contribution in [3.63, 3.8) is 0 Å². The molecule has 9 nitrogen and oxygen atoms in total. The highest BCUT2D eigenvalue weighted by Gasteiger charge is 2.39. The van der Waals surface area contributed by atoms with Crippen molar-refractivity contribution in [2.75, 3.05) is 13.6 Å². The number of halogens is 1. The summed E-state index contributed by atoms with van der Waals surface area (Å²) in [4.78, 5) is 53.0. The van der Waals surface area contributed by atoms with Crippen LogP contribution < -0.4 is 21.7 Å². The van der Waals surface area contributed by atoms with Crippen molar-refractivity contribution in [1.29, 1.82) is 0 Å². The number of hydrogen-bond acceptors (Lipinski definition) is 5. The van der Waals surface area contributed by atoms with Gasteiger partial charge in [0.25, 0.3) is 0 Å². The number of nitrogens with two attached hydrogens (primary N) is 1. The van der Waals surface area contributed by atoms with Crippen LogP contribution in [0.2, 0.25) is 0 Å². The summed E-state index contributed by atoms with van der Waals surface area (Å²) in [6, 6.07) is 10.4.